The second-order valence-electron chi connectivity index (χ2n) is 4.77. The van der Waals surface area contributed by atoms with Gasteiger partial charge in [-0.05, 0) is 46.7 Å². The Morgan fingerprint density at radius 3 is 2.53 bits per heavy atom. The van der Waals surface area contributed by atoms with Crippen molar-refractivity contribution in [3.8, 4) is 0 Å². The van der Waals surface area contributed by atoms with Gasteiger partial charge in [-0.3, -0.25) is 0 Å². The van der Waals surface area contributed by atoms with Crippen LogP contribution in [0, 0.1) is 6.92 Å². The molecule has 84 valence electrons. The number of aryl methyl sites for hydroxylation is 1. The molecule has 2 heterocycles. The number of hydrogen-bond donors (Lipinski definition) is 0. The van der Waals surface area contributed by atoms with E-state index in [-0.39, 0.29) is 0 Å². The summed E-state index contributed by atoms with van der Waals surface area (Å²) in [5.41, 5.74) is 1.15. The molecule has 1 aromatic heterocycles. The smallest absolute Gasteiger partial charge is 0.133 e. The molecule has 1 aliphatic rings. The number of likely N-dealkylation sites (tertiary alicyclic amines) is 1. The average molecular weight is 208 g/mol. The Balaban J connectivity index is 1.93. The zero-order chi connectivity index (χ0) is 10.8. The van der Waals surface area contributed by atoms with Crippen LogP contribution in [0.3, 0.4) is 0 Å². The molecule has 1 aliphatic heterocycles. The van der Waals surface area contributed by atoms with Crippen molar-refractivity contribution in [2.45, 2.75) is 45.6 Å². The summed E-state index contributed by atoms with van der Waals surface area (Å²) >= 11 is 0. The van der Waals surface area contributed by atoms with Crippen LogP contribution in [0.25, 0.3) is 0 Å². The normalized spacial score (nSPS) is 20.0. The topological polar surface area (TPSA) is 29.3 Å². The van der Waals surface area contributed by atoms with E-state index in [4.69, 9.17) is 4.52 Å². The summed E-state index contributed by atoms with van der Waals surface area (Å²) in [6.07, 6.45) is 2.42. The monoisotopic (exact) mass is 208 g/mol. The zero-order valence-corrected chi connectivity index (χ0v) is 9.86. The molecule has 0 amide bonds. The lowest BCUT2D eigenvalue weighted by Gasteiger charge is -2.33. The summed E-state index contributed by atoms with van der Waals surface area (Å²) in [7, 11) is 0. The van der Waals surface area contributed by atoms with Crippen LogP contribution in [0.1, 0.15) is 44.1 Å². The zero-order valence-electron chi connectivity index (χ0n) is 9.86. The molecule has 0 unspecified atom stereocenters. The number of rotatable bonds is 2. The number of hydrogen-bond acceptors (Lipinski definition) is 3. The molecule has 0 N–H and O–H groups in total. The van der Waals surface area contributed by atoms with E-state index in [1.165, 1.54) is 25.9 Å². The van der Waals surface area contributed by atoms with Gasteiger partial charge in [-0.2, -0.15) is 0 Å². The molecule has 1 aromatic rings. The van der Waals surface area contributed by atoms with E-state index in [2.05, 4.69) is 30.0 Å². The Bertz CT molecular complexity index is 311. The van der Waals surface area contributed by atoms with Crippen molar-refractivity contribution in [2.24, 2.45) is 0 Å². The summed E-state index contributed by atoms with van der Waals surface area (Å²) in [5.74, 6) is 1.54. The maximum Gasteiger partial charge on any atom is 0.133 e. The van der Waals surface area contributed by atoms with Crippen LogP contribution in [0.2, 0.25) is 0 Å². The Kier molecular flexibility index (Phi) is 3.10. The fourth-order valence-electron chi connectivity index (χ4n) is 2.29. The Labute approximate surface area is 91.4 Å². The standard InChI is InChI=1S/C12H20N2O/c1-9(2)14-6-4-11(5-7-14)12-8-10(3)15-13-12/h8-9,11H,4-7H2,1-3H3. The van der Waals surface area contributed by atoms with Gasteiger partial charge in [0.05, 0.1) is 5.69 Å². The minimum atomic E-state index is 0.609. The van der Waals surface area contributed by atoms with Gasteiger partial charge in [0.25, 0.3) is 0 Å². The van der Waals surface area contributed by atoms with Crippen LogP contribution in [-0.4, -0.2) is 29.2 Å². The number of aromatic nitrogens is 1. The third-order valence-electron chi connectivity index (χ3n) is 3.32. The fraction of sp³-hybridized carbons (Fsp3) is 0.750. The van der Waals surface area contributed by atoms with Gasteiger partial charge in [0, 0.05) is 18.0 Å². The van der Waals surface area contributed by atoms with E-state index >= 15 is 0 Å². The predicted octanol–water partition coefficient (Wildman–Crippen LogP) is 2.57. The SMILES string of the molecule is Cc1cc(C2CCN(C(C)C)CC2)no1. The first kappa shape index (κ1) is 10.7. The largest absolute Gasteiger partial charge is 0.361 e. The van der Waals surface area contributed by atoms with Gasteiger partial charge in [-0.1, -0.05) is 5.16 Å². The van der Waals surface area contributed by atoms with Gasteiger partial charge in [0.15, 0.2) is 0 Å². The van der Waals surface area contributed by atoms with Gasteiger partial charge in [0.1, 0.15) is 5.76 Å². The van der Waals surface area contributed by atoms with Gasteiger partial charge in [-0.25, -0.2) is 0 Å². The minimum Gasteiger partial charge on any atom is -0.361 e. The van der Waals surface area contributed by atoms with Crippen molar-refractivity contribution in [1.82, 2.24) is 10.1 Å². The molecule has 15 heavy (non-hydrogen) atoms. The van der Waals surface area contributed by atoms with Crippen molar-refractivity contribution in [3.05, 3.63) is 17.5 Å². The summed E-state index contributed by atoms with van der Waals surface area (Å²) in [4.78, 5) is 2.53. The highest BCUT2D eigenvalue weighted by Gasteiger charge is 2.23. The molecule has 1 fully saturated rings. The van der Waals surface area contributed by atoms with E-state index in [1.807, 2.05) is 6.92 Å². The first-order valence-electron chi connectivity index (χ1n) is 5.84. The highest BCUT2D eigenvalue weighted by atomic mass is 16.5. The highest BCUT2D eigenvalue weighted by Crippen LogP contribution is 2.28. The van der Waals surface area contributed by atoms with Crippen LogP contribution in [-0.2, 0) is 0 Å². The Morgan fingerprint density at radius 2 is 2.07 bits per heavy atom. The second kappa shape index (κ2) is 4.35. The van der Waals surface area contributed by atoms with Crippen LogP contribution in [0.4, 0.5) is 0 Å². The van der Waals surface area contributed by atoms with Gasteiger partial charge in [0.2, 0.25) is 0 Å². The van der Waals surface area contributed by atoms with Crippen LogP contribution < -0.4 is 0 Å². The molecular weight excluding hydrogens is 188 g/mol. The maximum absolute atomic E-state index is 5.13. The van der Waals surface area contributed by atoms with Crippen LogP contribution >= 0.6 is 0 Å². The quantitative estimate of drug-likeness (QED) is 0.748. The third-order valence-corrected chi connectivity index (χ3v) is 3.32. The molecule has 0 aromatic carbocycles. The Morgan fingerprint density at radius 1 is 1.40 bits per heavy atom. The lowest BCUT2D eigenvalue weighted by Crippen LogP contribution is -2.37. The van der Waals surface area contributed by atoms with Crippen molar-refractivity contribution < 1.29 is 4.52 Å². The molecule has 0 radical (unpaired) electrons. The average Bonchev–Trinajstić information content (AvgIpc) is 2.65. The summed E-state index contributed by atoms with van der Waals surface area (Å²) < 4.78 is 5.13. The van der Waals surface area contributed by atoms with Gasteiger partial charge < -0.3 is 9.42 Å². The molecule has 3 nitrogen and oxygen atoms in total. The third kappa shape index (κ3) is 2.40. The maximum atomic E-state index is 5.13. The van der Waals surface area contributed by atoms with Crippen LogP contribution in [0.15, 0.2) is 10.6 Å². The van der Waals surface area contributed by atoms with Crippen molar-refractivity contribution in [3.63, 3.8) is 0 Å². The van der Waals surface area contributed by atoms with E-state index in [0.717, 1.165) is 11.5 Å². The van der Waals surface area contributed by atoms with Crippen molar-refractivity contribution in [2.75, 3.05) is 13.1 Å². The summed E-state index contributed by atoms with van der Waals surface area (Å²) in [6.45, 7) is 8.86. The van der Waals surface area contributed by atoms with Crippen molar-refractivity contribution >= 4 is 0 Å². The highest BCUT2D eigenvalue weighted by molar-refractivity contribution is 5.10. The molecule has 2 rings (SSSR count). The molecule has 0 atom stereocenters. The van der Waals surface area contributed by atoms with E-state index in [1.54, 1.807) is 0 Å². The molecule has 0 bridgehead atoms. The van der Waals surface area contributed by atoms with Gasteiger partial charge >= 0.3 is 0 Å². The van der Waals surface area contributed by atoms with E-state index < -0.39 is 0 Å². The molecular formula is C12H20N2O. The molecule has 0 saturated carbocycles. The second-order valence-corrected chi connectivity index (χ2v) is 4.77. The summed E-state index contributed by atoms with van der Waals surface area (Å²) in [5, 5.41) is 4.12. The van der Waals surface area contributed by atoms with Crippen molar-refractivity contribution in [1.29, 1.82) is 0 Å². The van der Waals surface area contributed by atoms with E-state index in [9.17, 15) is 0 Å². The Hall–Kier alpha value is -0.830. The first-order chi connectivity index (χ1) is 7.16. The molecule has 0 spiro atoms. The minimum absolute atomic E-state index is 0.609. The fourth-order valence-corrected chi connectivity index (χ4v) is 2.29. The lowest BCUT2D eigenvalue weighted by molar-refractivity contribution is 0.169. The number of piperidine rings is 1. The lowest BCUT2D eigenvalue weighted by atomic mass is 9.93. The molecule has 0 aliphatic carbocycles. The van der Waals surface area contributed by atoms with E-state index in [0.29, 0.717) is 12.0 Å². The molecule has 1 saturated heterocycles. The first-order valence-corrected chi connectivity index (χ1v) is 5.84. The summed E-state index contributed by atoms with van der Waals surface area (Å²) in [6, 6.07) is 2.75. The predicted molar refractivity (Wildman–Crippen MR) is 59.9 cm³/mol. The van der Waals surface area contributed by atoms with Crippen LogP contribution in [0.5, 0.6) is 0 Å². The van der Waals surface area contributed by atoms with Gasteiger partial charge in [-0.15, -0.1) is 0 Å². The number of nitrogens with zero attached hydrogens (tertiary/aromatic N) is 2. The molecule has 3 heteroatoms.